The third-order valence-corrected chi connectivity index (χ3v) is 3.51. The number of nitrogens with zero attached hydrogens (tertiary/aromatic N) is 1. The first-order valence-electron chi connectivity index (χ1n) is 6.87. The van der Waals surface area contributed by atoms with Gasteiger partial charge in [0.25, 0.3) is 0 Å². The van der Waals surface area contributed by atoms with E-state index in [1.807, 2.05) is 18.2 Å². The summed E-state index contributed by atoms with van der Waals surface area (Å²) in [5.41, 5.74) is 2.57. The summed E-state index contributed by atoms with van der Waals surface area (Å²) >= 11 is 0. The van der Waals surface area contributed by atoms with Crippen LogP contribution in [0.1, 0.15) is 18.2 Å². The smallest absolute Gasteiger partial charge is 0.234 e. The number of rotatable bonds is 3. The van der Waals surface area contributed by atoms with Crippen molar-refractivity contribution in [2.45, 2.75) is 19.8 Å². The maximum atomic E-state index is 12.5. The molecule has 1 N–H and O–H groups in total. The molecule has 5 heteroatoms. The van der Waals surface area contributed by atoms with Gasteiger partial charge in [0.05, 0.1) is 24.1 Å². The molecule has 0 atom stereocenters. The molecule has 5 nitrogen and oxygen atoms in total. The number of hydrogen-bond donors (Lipinski definition) is 1. The maximum Gasteiger partial charge on any atom is 0.234 e. The zero-order valence-corrected chi connectivity index (χ0v) is 11.8. The van der Waals surface area contributed by atoms with Crippen LogP contribution < -0.4 is 10.2 Å². The Hall–Kier alpha value is -2.56. The van der Waals surface area contributed by atoms with E-state index in [-0.39, 0.29) is 18.2 Å². The molecule has 0 saturated heterocycles. The normalized spacial score (nSPS) is 13.1. The molecule has 2 amide bonds. The minimum Gasteiger partial charge on any atom is -0.469 e. The molecule has 21 heavy (non-hydrogen) atoms. The number of furan rings is 1. The van der Waals surface area contributed by atoms with Crippen LogP contribution in [0.25, 0.3) is 0 Å². The SMILES string of the molecule is CC(=O)Nc1cccc2c1N(C(=O)Cc1ccco1)CC2. The average Bonchev–Trinajstić information content (AvgIpc) is 3.07. The molecule has 0 saturated carbocycles. The van der Waals surface area contributed by atoms with Crippen molar-refractivity contribution in [2.24, 2.45) is 0 Å². The van der Waals surface area contributed by atoms with Crippen LogP contribution in [0.3, 0.4) is 0 Å². The lowest BCUT2D eigenvalue weighted by Gasteiger charge is -2.20. The highest BCUT2D eigenvalue weighted by molar-refractivity contribution is 6.03. The number of para-hydroxylation sites is 1. The molecule has 3 rings (SSSR count). The standard InChI is InChI=1S/C16H16N2O3/c1-11(19)17-14-6-2-4-12-7-8-18(16(12)14)15(20)10-13-5-3-9-21-13/h2-6,9H,7-8,10H2,1H3,(H,17,19). The molecular formula is C16H16N2O3. The Labute approximate surface area is 122 Å². The second kappa shape index (κ2) is 5.44. The monoisotopic (exact) mass is 284 g/mol. The molecule has 0 aliphatic carbocycles. The van der Waals surface area contributed by atoms with Crippen molar-refractivity contribution in [2.75, 3.05) is 16.8 Å². The first-order chi connectivity index (χ1) is 10.1. The Bertz CT molecular complexity index is 677. The highest BCUT2D eigenvalue weighted by Crippen LogP contribution is 2.35. The van der Waals surface area contributed by atoms with Crippen molar-refractivity contribution < 1.29 is 14.0 Å². The number of fused-ring (bicyclic) bond motifs is 1. The van der Waals surface area contributed by atoms with Crippen molar-refractivity contribution in [3.05, 3.63) is 47.9 Å². The van der Waals surface area contributed by atoms with Crippen LogP contribution in [-0.4, -0.2) is 18.4 Å². The highest BCUT2D eigenvalue weighted by Gasteiger charge is 2.27. The van der Waals surface area contributed by atoms with E-state index >= 15 is 0 Å². The summed E-state index contributed by atoms with van der Waals surface area (Å²) in [6.07, 6.45) is 2.58. The third-order valence-electron chi connectivity index (χ3n) is 3.51. The zero-order chi connectivity index (χ0) is 14.8. The van der Waals surface area contributed by atoms with Gasteiger partial charge in [0.2, 0.25) is 11.8 Å². The van der Waals surface area contributed by atoms with Crippen LogP contribution in [0.2, 0.25) is 0 Å². The third kappa shape index (κ3) is 2.67. The van der Waals surface area contributed by atoms with E-state index in [9.17, 15) is 9.59 Å². The van der Waals surface area contributed by atoms with Crippen molar-refractivity contribution >= 4 is 23.2 Å². The summed E-state index contributed by atoms with van der Waals surface area (Å²) in [5, 5.41) is 2.79. The fourth-order valence-electron chi connectivity index (χ4n) is 2.65. The predicted octanol–water partition coefficient (Wildman–Crippen LogP) is 2.37. The van der Waals surface area contributed by atoms with Crippen LogP contribution in [0.5, 0.6) is 0 Å². The number of amides is 2. The summed E-state index contributed by atoms with van der Waals surface area (Å²) in [6.45, 7) is 2.09. The van der Waals surface area contributed by atoms with Gasteiger partial charge in [-0.1, -0.05) is 12.1 Å². The Balaban J connectivity index is 1.88. The molecule has 0 fully saturated rings. The largest absolute Gasteiger partial charge is 0.469 e. The van der Waals surface area contributed by atoms with Gasteiger partial charge in [-0.15, -0.1) is 0 Å². The molecule has 1 aliphatic heterocycles. The number of anilines is 2. The second-order valence-electron chi connectivity index (χ2n) is 5.05. The predicted molar refractivity (Wildman–Crippen MR) is 79.2 cm³/mol. The Morgan fingerprint density at radius 1 is 1.29 bits per heavy atom. The molecule has 0 unspecified atom stereocenters. The Morgan fingerprint density at radius 3 is 2.86 bits per heavy atom. The number of carbonyl (C=O) groups is 2. The number of nitrogens with one attached hydrogen (secondary N) is 1. The van der Waals surface area contributed by atoms with E-state index in [1.165, 1.54) is 6.92 Å². The quantitative estimate of drug-likeness (QED) is 0.941. The van der Waals surface area contributed by atoms with E-state index in [0.717, 1.165) is 17.7 Å². The molecule has 0 spiro atoms. The molecule has 1 aromatic heterocycles. The van der Waals surface area contributed by atoms with E-state index in [0.29, 0.717) is 18.0 Å². The van der Waals surface area contributed by atoms with Crippen LogP contribution in [0.15, 0.2) is 41.0 Å². The molecule has 0 bridgehead atoms. The van der Waals surface area contributed by atoms with E-state index < -0.39 is 0 Å². The van der Waals surface area contributed by atoms with Crippen LogP contribution in [0.4, 0.5) is 11.4 Å². The fourth-order valence-corrected chi connectivity index (χ4v) is 2.65. The molecule has 1 aliphatic rings. The van der Waals surface area contributed by atoms with Crippen LogP contribution in [-0.2, 0) is 22.4 Å². The van der Waals surface area contributed by atoms with Gasteiger partial charge in [-0.2, -0.15) is 0 Å². The molecule has 0 radical (unpaired) electrons. The second-order valence-corrected chi connectivity index (χ2v) is 5.05. The van der Waals surface area contributed by atoms with E-state index in [1.54, 1.807) is 23.3 Å². The molecule has 1 aromatic carbocycles. The molecule has 108 valence electrons. The first kappa shape index (κ1) is 13.4. The van der Waals surface area contributed by atoms with Gasteiger partial charge in [0.15, 0.2) is 0 Å². The topological polar surface area (TPSA) is 62.6 Å². The summed E-state index contributed by atoms with van der Waals surface area (Å²) in [5.74, 6) is 0.473. The molecule has 2 aromatic rings. The van der Waals surface area contributed by atoms with Gasteiger partial charge in [0.1, 0.15) is 5.76 Å². The summed E-state index contributed by atoms with van der Waals surface area (Å²) in [7, 11) is 0. The average molecular weight is 284 g/mol. The number of carbonyl (C=O) groups excluding carboxylic acids is 2. The summed E-state index contributed by atoms with van der Waals surface area (Å²) < 4.78 is 5.23. The fraction of sp³-hybridized carbons (Fsp3) is 0.250. The maximum absolute atomic E-state index is 12.5. The first-order valence-corrected chi connectivity index (χ1v) is 6.87. The van der Waals surface area contributed by atoms with Crippen LogP contribution in [0, 0.1) is 0 Å². The van der Waals surface area contributed by atoms with Gasteiger partial charge in [-0.25, -0.2) is 0 Å². The van der Waals surface area contributed by atoms with E-state index in [4.69, 9.17) is 4.42 Å². The zero-order valence-electron chi connectivity index (χ0n) is 11.8. The lowest BCUT2D eigenvalue weighted by atomic mass is 10.1. The van der Waals surface area contributed by atoms with Gasteiger partial charge in [-0.3, -0.25) is 9.59 Å². The minimum atomic E-state index is -0.145. The number of benzene rings is 1. The highest BCUT2D eigenvalue weighted by atomic mass is 16.3. The van der Waals surface area contributed by atoms with Gasteiger partial charge in [0, 0.05) is 13.5 Å². The lowest BCUT2D eigenvalue weighted by Crippen LogP contribution is -2.31. The summed E-state index contributed by atoms with van der Waals surface area (Å²) in [6, 6.07) is 9.25. The minimum absolute atomic E-state index is 0.0264. The van der Waals surface area contributed by atoms with E-state index in [2.05, 4.69) is 5.32 Å². The lowest BCUT2D eigenvalue weighted by molar-refractivity contribution is -0.118. The molecular weight excluding hydrogens is 268 g/mol. The van der Waals surface area contributed by atoms with Crippen molar-refractivity contribution in [3.63, 3.8) is 0 Å². The van der Waals surface area contributed by atoms with Crippen molar-refractivity contribution in [1.29, 1.82) is 0 Å². The number of hydrogen-bond acceptors (Lipinski definition) is 3. The van der Waals surface area contributed by atoms with Gasteiger partial charge < -0.3 is 14.6 Å². The van der Waals surface area contributed by atoms with Crippen LogP contribution >= 0.6 is 0 Å². The Kier molecular flexibility index (Phi) is 3.48. The summed E-state index contributed by atoms with van der Waals surface area (Å²) in [4.78, 5) is 25.5. The van der Waals surface area contributed by atoms with Gasteiger partial charge in [-0.05, 0) is 30.2 Å². The molecule has 2 heterocycles. The van der Waals surface area contributed by atoms with Crippen molar-refractivity contribution in [3.8, 4) is 0 Å². The Morgan fingerprint density at radius 2 is 2.14 bits per heavy atom. The van der Waals surface area contributed by atoms with Crippen molar-refractivity contribution in [1.82, 2.24) is 0 Å². The van der Waals surface area contributed by atoms with Gasteiger partial charge >= 0.3 is 0 Å².